The number of hydrogen-bond donors (Lipinski definition) is 1. The molecule has 2 heteroatoms. The molecule has 0 aromatic heterocycles. The van der Waals surface area contributed by atoms with E-state index in [-0.39, 0.29) is 6.10 Å². The lowest BCUT2D eigenvalue weighted by Gasteiger charge is -2.44. The Labute approximate surface area is 106 Å². The van der Waals surface area contributed by atoms with E-state index in [9.17, 15) is 5.11 Å². The van der Waals surface area contributed by atoms with E-state index in [0.29, 0.717) is 12.1 Å². The van der Waals surface area contributed by atoms with E-state index in [1.165, 1.54) is 51.5 Å². The first-order valence-corrected chi connectivity index (χ1v) is 7.62. The highest BCUT2D eigenvalue weighted by atomic mass is 16.3. The van der Waals surface area contributed by atoms with Crippen molar-refractivity contribution in [2.45, 2.75) is 83.4 Å². The van der Waals surface area contributed by atoms with Crippen LogP contribution in [0.5, 0.6) is 0 Å². The zero-order valence-corrected chi connectivity index (χ0v) is 11.6. The Balaban J connectivity index is 2.00. The Hall–Kier alpha value is -0.0800. The van der Waals surface area contributed by atoms with Gasteiger partial charge in [-0.05, 0) is 38.5 Å². The minimum absolute atomic E-state index is 0.0805. The summed E-state index contributed by atoms with van der Waals surface area (Å²) in [6.07, 6.45) is 10.0. The molecule has 1 saturated carbocycles. The van der Waals surface area contributed by atoms with E-state index in [1.807, 2.05) is 0 Å². The number of rotatable bonds is 1. The van der Waals surface area contributed by atoms with Crippen LogP contribution in [0.15, 0.2) is 0 Å². The molecule has 2 nitrogen and oxygen atoms in total. The molecule has 2 rings (SSSR count). The van der Waals surface area contributed by atoms with E-state index in [0.717, 1.165) is 12.3 Å². The molecule has 1 heterocycles. The summed E-state index contributed by atoms with van der Waals surface area (Å²) in [5.74, 6) is 0.809. The van der Waals surface area contributed by atoms with E-state index in [1.54, 1.807) is 0 Å². The third-order valence-electron chi connectivity index (χ3n) is 4.79. The van der Waals surface area contributed by atoms with E-state index >= 15 is 0 Å². The van der Waals surface area contributed by atoms with Crippen LogP contribution in [-0.4, -0.2) is 34.7 Å². The highest BCUT2D eigenvalue weighted by Crippen LogP contribution is 2.29. The van der Waals surface area contributed by atoms with Gasteiger partial charge in [0.05, 0.1) is 6.10 Å². The molecule has 1 N–H and O–H groups in total. The molecule has 0 bridgehead atoms. The van der Waals surface area contributed by atoms with E-state index in [2.05, 4.69) is 18.7 Å². The van der Waals surface area contributed by atoms with Gasteiger partial charge in [0, 0.05) is 18.6 Å². The minimum Gasteiger partial charge on any atom is -0.391 e. The van der Waals surface area contributed by atoms with Crippen LogP contribution in [0, 0.1) is 5.92 Å². The highest BCUT2D eigenvalue weighted by molar-refractivity contribution is 4.87. The predicted octanol–water partition coefficient (Wildman–Crippen LogP) is 3.19. The quantitative estimate of drug-likeness (QED) is 0.759. The number of nitrogens with zero attached hydrogens (tertiary/aromatic N) is 1. The summed E-state index contributed by atoms with van der Waals surface area (Å²) in [4.78, 5) is 2.62. The molecule has 1 aliphatic heterocycles. The van der Waals surface area contributed by atoms with Gasteiger partial charge in [0.25, 0.3) is 0 Å². The van der Waals surface area contributed by atoms with Gasteiger partial charge in [0.15, 0.2) is 0 Å². The molecule has 0 spiro atoms. The summed E-state index contributed by atoms with van der Waals surface area (Å²) >= 11 is 0. The standard InChI is InChI=1S/C15H29NO/c1-12-9-10-13(2)16(11-12)14-7-5-3-4-6-8-15(14)17/h12-15,17H,3-11H2,1-2H3. The van der Waals surface area contributed by atoms with E-state index in [4.69, 9.17) is 0 Å². The van der Waals surface area contributed by atoms with Crippen LogP contribution in [-0.2, 0) is 0 Å². The SMILES string of the molecule is CC1CCC(C)N(C2CCCCCCC2O)C1. The molecule has 1 aliphatic carbocycles. The summed E-state index contributed by atoms with van der Waals surface area (Å²) in [7, 11) is 0. The molecule has 2 aliphatic rings. The molecular weight excluding hydrogens is 210 g/mol. The fourth-order valence-corrected chi connectivity index (χ4v) is 3.62. The molecule has 4 unspecified atom stereocenters. The van der Waals surface area contributed by atoms with Gasteiger partial charge in [0.1, 0.15) is 0 Å². The van der Waals surface area contributed by atoms with Gasteiger partial charge in [-0.2, -0.15) is 0 Å². The molecule has 17 heavy (non-hydrogen) atoms. The maximum atomic E-state index is 10.4. The topological polar surface area (TPSA) is 23.5 Å². The molecule has 0 aromatic rings. The first-order valence-electron chi connectivity index (χ1n) is 7.62. The lowest BCUT2D eigenvalue weighted by atomic mass is 9.88. The third-order valence-corrected chi connectivity index (χ3v) is 4.79. The van der Waals surface area contributed by atoms with Crippen molar-refractivity contribution in [2.24, 2.45) is 5.92 Å². The Morgan fingerprint density at radius 3 is 2.35 bits per heavy atom. The highest BCUT2D eigenvalue weighted by Gasteiger charge is 2.33. The first-order chi connectivity index (χ1) is 8.18. The summed E-state index contributed by atoms with van der Waals surface area (Å²) in [5.41, 5.74) is 0. The minimum atomic E-state index is -0.0805. The smallest absolute Gasteiger partial charge is 0.0695 e. The van der Waals surface area contributed by atoms with Crippen molar-refractivity contribution in [3.8, 4) is 0 Å². The Morgan fingerprint density at radius 2 is 1.59 bits per heavy atom. The van der Waals surface area contributed by atoms with Crippen LogP contribution in [0.25, 0.3) is 0 Å². The summed E-state index contributed by atoms with van der Waals surface area (Å²) < 4.78 is 0. The second-order valence-corrected chi connectivity index (χ2v) is 6.35. The number of likely N-dealkylation sites (tertiary alicyclic amines) is 1. The zero-order valence-electron chi connectivity index (χ0n) is 11.6. The largest absolute Gasteiger partial charge is 0.391 e. The first kappa shape index (κ1) is 13.4. The van der Waals surface area contributed by atoms with Gasteiger partial charge in [-0.15, -0.1) is 0 Å². The van der Waals surface area contributed by atoms with Crippen LogP contribution in [0.2, 0.25) is 0 Å². The van der Waals surface area contributed by atoms with Gasteiger partial charge in [-0.1, -0.05) is 32.6 Å². The number of piperidine rings is 1. The maximum absolute atomic E-state index is 10.4. The van der Waals surface area contributed by atoms with Crippen LogP contribution in [0.4, 0.5) is 0 Å². The van der Waals surface area contributed by atoms with Crippen LogP contribution < -0.4 is 0 Å². The molecule has 4 atom stereocenters. The third kappa shape index (κ3) is 3.45. The average Bonchev–Trinajstić information content (AvgIpc) is 2.28. The molecular formula is C15H29NO. The van der Waals surface area contributed by atoms with Crippen molar-refractivity contribution < 1.29 is 5.11 Å². The van der Waals surface area contributed by atoms with Crippen molar-refractivity contribution in [3.05, 3.63) is 0 Å². The normalized spacial score (nSPS) is 41.8. The Bertz CT molecular complexity index is 231. The van der Waals surface area contributed by atoms with Crippen LogP contribution in [0.3, 0.4) is 0 Å². The van der Waals surface area contributed by atoms with Gasteiger partial charge < -0.3 is 5.11 Å². The van der Waals surface area contributed by atoms with Crippen molar-refractivity contribution in [1.29, 1.82) is 0 Å². The van der Waals surface area contributed by atoms with Crippen molar-refractivity contribution in [3.63, 3.8) is 0 Å². The lowest BCUT2D eigenvalue weighted by Crippen LogP contribution is -2.52. The second kappa shape index (κ2) is 6.19. The van der Waals surface area contributed by atoms with Gasteiger partial charge in [-0.25, -0.2) is 0 Å². The predicted molar refractivity (Wildman–Crippen MR) is 72.1 cm³/mol. The van der Waals surface area contributed by atoms with Crippen LogP contribution in [0.1, 0.15) is 65.2 Å². The summed E-state index contributed by atoms with van der Waals surface area (Å²) in [5, 5.41) is 10.4. The number of hydrogen-bond acceptors (Lipinski definition) is 2. The molecule has 0 aromatic carbocycles. The van der Waals surface area contributed by atoms with Crippen molar-refractivity contribution in [1.82, 2.24) is 4.90 Å². The van der Waals surface area contributed by atoms with Crippen LogP contribution >= 0.6 is 0 Å². The maximum Gasteiger partial charge on any atom is 0.0695 e. The molecule has 1 saturated heterocycles. The van der Waals surface area contributed by atoms with Crippen molar-refractivity contribution in [2.75, 3.05) is 6.54 Å². The number of aliphatic hydroxyl groups excluding tert-OH is 1. The number of aliphatic hydroxyl groups is 1. The van der Waals surface area contributed by atoms with Crippen molar-refractivity contribution >= 4 is 0 Å². The Kier molecular flexibility index (Phi) is 4.87. The zero-order chi connectivity index (χ0) is 12.3. The molecule has 0 radical (unpaired) electrons. The molecule has 0 amide bonds. The van der Waals surface area contributed by atoms with E-state index < -0.39 is 0 Å². The molecule has 2 fully saturated rings. The van der Waals surface area contributed by atoms with Gasteiger partial charge in [-0.3, -0.25) is 4.90 Å². The second-order valence-electron chi connectivity index (χ2n) is 6.35. The average molecular weight is 239 g/mol. The fraction of sp³-hybridized carbons (Fsp3) is 1.00. The summed E-state index contributed by atoms with van der Waals surface area (Å²) in [6, 6.07) is 1.11. The Morgan fingerprint density at radius 1 is 0.882 bits per heavy atom. The monoisotopic (exact) mass is 239 g/mol. The lowest BCUT2D eigenvalue weighted by molar-refractivity contribution is -0.0124. The summed E-state index contributed by atoms with van der Waals surface area (Å²) in [6.45, 7) is 5.90. The molecule has 100 valence electrons. The fourth-order valence-electron chi connectivity index (χ4n) is 3.62. The van der Waals surface area contributed by atoms with Gasteiger partial charge >= 0.3 is 0 Å². The van der Waals surface area contributed by atoms with Gasteiger partial charge in [0.2, 0.25) is 0 Å².